The van der Waals surface area contributed by atoms with Crippen LogP contribution in [0.15, 0.2) is 48.3 Å². The molecule has 2 heterocycles. The van der Waals surface area contributed by atoms with Gasteiger partial charge in [-0.05, 0) is 18.2 Å². The van der Waals surface area contributed by atoms with Crippen molar-refractivity contribution >= 4 is 0 Å². The lowest BCUT2D eigenvalue weighted by molar-refractivity contribution is -0.0478. The summed E-state index contributed by atoms with van der Waals surface area (Å²) in [7, 11) is 0. The van der Waals surface area contributed by atoms with Gasteiger partial charge in [0.15, 0.2) is 5.76 Å². The van der Waals surface area contributed by atoms with Crippen LogP contribution < -0.4 is 0 Å². The third-order valence-electron chi connectivity index (χ3n) is 1.79. The molecule has 0 aromatic heterocycles. The first kappa shape index (κ1) is 9.71. The minimum absolute atomic E-state index is 0.110. The maximum absolute atomic E-state index is 5.27. The Morgan fingerprint density at radius 3 is 2.93 bits per heavy atom. The molecule has 15 heavy (non-hydrogen) atoms. The summed E-state index contributed by atoms with van der Waals surface area (Å²) in [4.78, 5) is 0. The van der Waals surface area contributed by atoms with Gasteiger partial charge in [0, 0.05) is 6.08 Å². The zero-order valence-corrected chi connectivity index (χ0v) is 8.22. The number of hydrogen-bond acceptors (Lipinski definition) is 4. The van der Waals surface area contributed by atoms with Crippen molar-refractivity contribution in [3.8, 4) is 0 Å². The molecule has 0 unspecified atom stereocenters. The SMILES string of the molecule is C1=CCOC(OCOC2=COCC=C2)=C1. The fourth-order valence-electron chi connectivity index (χ4n) is 1.10. The van der Waals surface area contributed by atoms with E-state index in [0.717, 1.165) is 0 Å². The first-order chi connectivity index (χ1) is 7.45. The quantitative estimate of drug-likeness (QED) is 0.660. The zero-order valence-electron chi connectivity index (χ0n) is 8.22. The molecule has 0 aromatic carbocycles. The van der Waals surface area contributed by atoms with E-state index >= 15 is 0 Å². The molecule has 0 aliphatic carbocycles. The van der Waals surface area contributed by atoms with Crippen LogP contribution in [0.3, 0.4) is 0 Å². The van der Waals surface area contributed by atoms with Crippen molar-refractivity contribution in [1.82, 2.24) is 0 Å². The zero-order chi connectivity index (χ0) is 10.3. The van der Waals surface area contributed by atoms with Gasteiger partial charge in [0.2, 0.25) is 6.79 Å². The first-order valence-corrected chi connectivity index (χ1v) is 4.69. The fraction of sp³-hybridized carbons (Fsp3) is 0.273. The largest absolute Gasteiger partial charge is 0.493 e. The van der Waals surface area contributed by atoms with Crippen molar-refractivity contribution in [2.75, 3.05) is 20.0 Å². The Labute approximate surface area is 88.1 Å². The van der Waals surface area contributed by atoms with E-state index in [1.54, 1.807) is 12.3 Å². The van der Waals surface area contributed by atoms with Gasteiger partial charge in [-0.15, -0.1) is 0 Å². The van der Waals surface area contributed by atoms with E-state index in [9.17, 15) is 0 Å². The summed E-state index contributed by atoms with van der Waals surface area (Å²) in [5.74, 6) is 1.12. The van der Waals surface area contributed by atoms with Crippen LogP contribution in [0.4, 0.5) is 0 Å². The van der Waals surface area contributed by atoms with E-state index in [1.165, 1.54) is 0 Å². The molecule has 0 radical (unpaired) electrons. The maximum atomic E-state index is 5.27. The van der Waals surface area contributed by atoms with Crippen molar-refractivity contribution < 1.29 is 18.9 Å². The molecule has 0 bridgehead atoms. The van der Waals surface area contributed by atoms with Gasteiger partial charge in [0.05, 0.1) is 0 Å². The van der Waals surface area contributed by atoms with Gasteiger partial charge in [-0.1, -0.05) is 6.08 Å². The molecule has 0 saturated heterocycles. The third-order valence-corrected chi connectivity index (χ3v) is 1.79. The minimum atomic E-state index is 0.110. The standard InChI is InChI=1S/C11H12O4/c1-2-7-13-11(5-1)15-9-14-10-4-3-6-12-8-10/h1-5,8H,6-7,9H2. The first-order valence-electron chi connectivity index (χ1n) is 4.69. The highest BCUT2D eigenvalue weighted by Gasteiger charge is 2.02. The van der Waals surface area contributed by atoms with E-state index in [2.05, 4.69) is 0 Å². The highest BCUT2D eigenvalue weighted by molar-refractivity contribution is 5.12. The van der Waals surface area contributed by atoms with Gasteiger partial charge in [-0.25, -0.2) is 0 Å². The smallest absolute Gasteiger partial charge is 0.282 e. The van der Waals surface area contributed by atoms with Gasteiger partial charge in [0.25, 0.3) is 5.95 Å². The molecular formula is C11H12O4. The molecule has 2 aliphatic rings. The Balaban J connectivity index is 1.70. The van der Waals surface area contributed by atoms with Crippen molar-refractivity contribution in [2.24, 2.45) is 0 Å². The second-order valence-electron chi connectivity index (χ2n) is 2.89. The number of allylic oxidation sites excluding steroid dienone is 3. The van der Waals surface area contributed by atoms with Crippen LogP contribution in [-0.2, 0) is 18.9 Å². The van der Waals surface area contributed by atoms with Gasteiger partial charge < -0.3 is 18.9 Å². The summed E-state index contributed by atoms with van der Waals surface area (Å²) in [5.41, 5.74) is 0. The number of rotatable bonds is 4. The van der Waals surface area contributed by atoms with E-state index in [1.807, 2.05) is 24.3 Å². The Kier molecular flexibility index (Phi) is 3.33. The lowest BCUT2D eigenvalue weighted by atomic mass is 10.4. The Bertz CT molecular complexity index is 325. The second-order valence-corrected chi connectivity index (χ2v) is 2.89. The Morgan fingerprint density at radius 2 is 2.20 bits per heavy atom. The topological polar surface area (TPSA) is 36.9 Å². The molecule has 80 valence electrons. The number of hydrogen-bond donors (Lipinski definition) is 0. The molecule has 0 spiro atoms. The molecule has 2 rings (SSSR count). The summed E-state index contributed by atoms with van der Waals surface area (Å²) >= 11 is 0. The predicted molar refractivity (Wildman–Crippen MR) is 53.4 cm³/mol. The van der Waals surface area contributed by atoms with E-state index in [-0.39, 0.29) is 6.79 Å². The molecule has 0 fully saturated rings. The molecule has 2 aliphatic heterocycles. The van der Waals surface area contributed by atoms with Gasteiger partial charge >= 0.3 is 0 Å². The summed E-state index contributed by atoms with van der Waals surface area (Å²) in [6.07, 6.45) is 10.8. The predicted octanol–water partition coefficient (Wildman–Crippen LogP) is 1.83. The van der Waals surface area contributed by atoms with Gasteiger partial charge in [-0.2, -0.15) is 0 Å². The van der Waals surface area contributed by atoms with Gasteiger partial charge in [0.1, 0.15) is 19.5 Å². The molecule has 4 heteroatoms. The molecule has 0 saturated carbocycles. The van der Waals surface area contributed by atoms with Crippen LogP contribution in [-0.4, -0.2) is 20.0 Å². The van der Waals surface area contributed by atoms with Crippen LogP contribution in [0, 0.1) is 0 Å². The second kappa shape index (κ2) is 5.14. The molecular weight excluding hydrogens is 196 g/mol. The van der Waals surface area contributed by atoms with E-state index in [4.69, 9.17) is 18.9 Å². The molecule has 0 aromatic rings. The molecule has 0 atom stereocenters. The van der Waals surface area contributed by atoms with Crippen LogP contribution in [0.25, 0.3) is 0 Å². The summed E-state index contributed by atoms with van der Waals surface area (Å²) < 4.78 is 20.7. The lowest BCUT2D eigenvalue weighted by Crippen LogP contribution is -2.05. The average molecular weight is 208 g/mol. The maximum Gasteiger partial charge on any atom is 0.282 e. The summed E-state index contributed by atoms with van der Waals surface area (Å²) in [6, 6.07) is 0. The van der Waals surface area contributed by atoms with Crippen molar-refractivity contribution in [2.45, 2.75) is 0 Å². The monoisotopic (exact) mass is 208 g/mol. The lowest BCUT2D eigenvalue weighted by Gasteiger charge is -2.14. The number of ether oxygens (including phenoxy) is 4. The van der Waals surface area contributed by atoms with Crippen molar-refractivity contribution in [3.63, 3.8) is 0 Å². The fourth-order valence-corrected chi connectivity index (χ4v) is 1.10. The summed E-state index contributed by atoms with van der Waals surface area (Å²) in [5, 5.41) is 0. The Hall–Kier alpha value is -1.84. The van der Waals surface area contributed by atoms with E-state index in [0.29, 0.717) is 24.9 Å². The third kappa shape index (κ3) is 3.09. The van der Waals surface area contributed by atoms with Crippen LogP contribution >= 0.6 is 0 Å². The highest BCUT2D eigenvalue weighted by Crippen LogP contribution is 2.09. The normalized spacial score (nSPS) is 18.4. The van der Waals surface area contributed by atoms with Gasteiger partial charge in [-0.3, -0.25) is 0 Å². The van der Waals surface area contributed by atoms with Crippen molar-refractivity contribution in [3.05, 3.63) is 48.3 Å². The van der Waals surface area contributed by atoms with Crippen LogP contribution in [0.2, 0.25) is 0 Å². The van der Waals surface area contributed by atoms with Crippen molar-refractivity contribution in [1.29, 1.82) is 0 Å². The molecule has 0 N–H and O–H groups in total. The van der Waals surface area contributed by atoms with Crippen LogP contribution in [0.1, 0.15) is 0 Å². The molecule has 4 nitrogen and oxygen atoms in total. The minimum Gasteiger partial charge on any atom is -0.493 e. The highest BCUT2D eigenvalue weighted by atomic mass is 16.7. The average Bonchev–Trinajstić information content (AvgIpc) is 2.32. The van der Waals surface area contributed by atoms with Crippen LogP contribution in [0.5, 0.6) is 0 Å². The summed E-state index contributed by atoms with van der Waals surface area (Å²) in [6.45, 7) is 1.24. The Morgan fingerprint density at radius 1 is 1.20 bits per heavy atom. The van der Waals surface area contributed by atoms with E-state index < -0.39 is 0 Å². The molecule has 0 amide bonds.